The summed E-state index contributed by atoms with van der Waals surface area (Å²) in [6.07, 6.45) is 1.96. The fourth-order valence-corrected chi connectivity index (χ4v) is 2.33. The minimum atomic E-state index is -0.330. The van der Waals surface area contributed by atoms with Gasteiger partial charge in [-0.15, -0.1) is 0 Å². The van der Waals surface area contributed by atoms with Gasteiger partial charge >= 0.3 is 0 Å². The summed E-state index contributed by atoms with van der Waals surface area (Å²) in [6.45, 7) is 6.49. The molecular formula is C14H22OS. The van der Waals surface area contributed by atoms with Crippen LogP contribution in [-0.4, -0.2) is 16.1 Å². The topological polar surface area (TPSA) is 20.2 Å². The fourth-order valence-electron chi connectivity index (χ4n) is 1.57. The highest BCUT2D eigenvalue weighted by atomic mass is 32.2. The van der Waals surface area contributed by atoms with Crippen LogP contribution in [0.1, 0.15) is 44.4 Å². The Labute approximate surface area is 103 Å². The van der Waals surface area contributed by atoms with Gasteiger partial charge in [-0.25, -0.2) is 0 Å². The Hall–Kier alpha value is -0.470. The smallest absolute Gasteiger partial charge is 0.0880 e. The van der Waals surface area contributed by atoms with Gasteiger partial charge in [-0.2, -0.15) is 11.8 Å². The van der Waals surface area contributed by atoms with Gasteiger partial charge < -0.3 is 5.11 Å². The van der Waals surface area contributed by atoms with E-state index in [4.69, 9.17) is 0 Å². The SMILES string of the molecule is CCCc1ccc(C(O)CSC(C)C)cc1. The molecule has 90 valence electrons. The molecule has 1 atom stereocenters. The highest BCUT2D eigenvalue weighted by Crippen LogP contribution is 2.21. The summed E-state index contributed by atoms with van der Waals surface area (Å²) in [5, 5.41) is 10.5. The Morgan fingerprint density at radius 2 is 1.81 bits per heavy atom. The molecule has 0 saturated carbocycles. The Bertz CT molecular complexity index is 292. The molecule has 0 aromatic heterocycles. The lowest BCUT2D eigenvalue weighted by molar-refractivity contribution is 0.204. The van der Waals surface area contributed by atoms with E-state index in [-0.39, 0.29) is 6.10 Å². The molecule has 1 nitrogen and oxygen atoms in total. The van der Waals surface area contributed by atoms with Crippen LogP contribution in [0.5, 0.6) is 0 Å². The van der Waals surface area contributed by atoms with Gasteiger partial charge in [-0.05, 0) is 22.8 Å². The first-order valence-electron chi connectivity index (χ1n) is 6.02. The van der Waals surface area contributed by atoms with Gasteiger partial charge in [0.1, 0.15) is 0 Å². The van der Waals surface area contributed by atoms with Crippen molar-refractivity contribution in [3.8, 4) is 0 Å². The lowest BCUT2D eigenvalue weighted by Crippen LogP contribution is -2.03. The molecule has 0 aliphatic heterocycles. The number of rotatable bonds is 6. The van der Waals surface area contributed by atoms with E-state index in [0.717, 1.165) is 17.7 Å². The van der Waals surface area contributed by atoms with Crippen molar-refractivity contribution in [1.82, 2.24) is 0 Å². The van der Waals surface area contributed by atoms with E-state index in [1.807, 2.05) is 0 Å². The fraction of sp³-hybridized carbons (Fsp3) is 0.571. The van der Waals surface area contributed by atoms with Gasteiger partial charge in [0.25, 0.3) is 0 Å². The third-order valence-electron chi connectivity index (χ3n) is 2.49. The molecule has 0 radical (unpaired) electrons. The number of hydrogen-bond donors (Lipinski definition) is 1. The average molecular weight is 238 g/mol. The monoisotopic (exact) mass is 238 g/mol. The molecule has 0 aliphatic carbocycles. The maximum atomic E-state index is 9.97. The zero-order chi connectivity index (χ0) is 12.0. The van der Waals surface area contributed by atoms with Gasteiger partial charge in [0, 0.05) is 5.75 Å². The molecule has 1 unspecified atom stereocenters. The van der Waals surface area contributed by atoms with Gasteiger partial charge in [0.2, 0.25) is 0 Å². The highest BCUT2D eigenvalue weighted by Gasteiger charge is 2.08. The molecule has 1 rings (SSSR count). The van der Waals surface area contributed by atoms with E-state index >= 15 is 0 Å². The molecule has 1 aromatic carbocycles. The molecule has 0 aliphatic rings. The predicted octanol–water partition coefficient (Wildman–Crippen LogP) is 3.81. The van der Waals surface area contributed by atoms with Crippen LogP contribution in [0, 0.1) is 0 Å². The number of aliphatic hydroxyl groups is 1. The van der Waals surface area contributed by atoms with Crippen LogP contribution in [0.2, 0.25) is 0 Å². The summed E-state index contributed by atoms with van der Waals surface area (Å²) >= 11 is 1.80. The molecule has 0 spiro atoms. The molecular weight excluding hydrogens is 216 g/mol. The first-order valence-corrected chi connectivity index (χ1v) is 7.06. The lowest BCUT2D eigenvalue weighted by Gasteiger charge is -2.12. The highest BCUT2D eigenvalue weighted by molar-refractivity contribution is 7.99. The summed E-state index contributed by atoms with van der Waals surface area (Å²) in [7, 11) is 0. The molecule has 1 aromatic rings. The summed E-state index contributed by atoms with van der Waals surface area (Å²) < 4.78 is 0. The number of thioether (sulfide) groups is 1. The van der Waals surface area contributed by atoms with Gasteiger partial charge in [0.05, 0.1) is 6.10 Å². The van der Waals surface area contributed by atoms with Gasteiger partial charge in [-0.1, -0.05) is 51.5 Å². The van der Waals surface area contributed by atoms with Crippen LogP contribution >= 0.6 is 11.8 Å². The zero-order valence-electron chi connectivity index (χ0n) is 10.4. The summed E-state index contributed by atoms with van der Waals surface area (Å²) in [5.41, 5.74) is 2.39. The van der Waals surface area contributed by atoms with Crippen molar-refractivity contribution in [3.63, 3.8) is 0 Å². The normalized spacial score (nSPS) is 13.1. The lowest BCUT2D eigenvalue weighted by atomic mass is 10.1. The molecule has 2 heteroatoms. The minimum Gasteiger partial charge on any atom is -0.388 e. The first kappa shape index (κ1) is 13.6. The second-order valence-electron chi connectivity index (χ2n) is 4.39. The van der Waals surface area contributed by atoms with Gasteiger partial charge in [-0.3, -0.25) is 0 Å². The van der Waals surface area contributed by atoms with Crippen molar-refractivity contribution in [2.75, 3.05) is 5.75 Å². The second kappa shape index (κ2) is 6.97. The molecule has 1 N–H and O–H groups in total. The van der Waals surface area contributed by atoms with Crippen molar-refractivity contribution >= 4 is 11.8 Å². The summed E-state index contributed by atoms with van der Waals surface area (Å²) in [6, 6.07) is 8.36. The van der Waals surface area contributed by atoms with Crippen LogP contribution in [0.3, 0.4) is 0 Å². The van der Waals surface area contributed by atoms with Crippen molar-refractivity contribution in [1.29, 1.82) is 0 Å². The molecule has 0 amide bonds. The van der Waals surface area contributed by atoms with Crippen LogP contribution in [0.4, 0.5) is 0 Å². The Balaban J connectivity index is 2.52. The number of aryl methyl sites for hydroxylation is 1. The van der Waals surface area contributed by atoms with Crippen LogP contribution < -0.4 is 0 Å². The van der Waals surface area contributed by atoms with E-state index in [1.165, 1.54) is 12.0 Å². The molecule has 16 heavy (non-hydrogen) atoms. The Morgan fingerprint density at radius 3 is 2.31 bits per heavy atom. The van der Waals surface area contributed by atoms with Crippen LogP contribution in [0.25, 0.3) is 0 Å². The zero-order valence-corrected chi connectivity index (χ0v) is 11.3. The van der Waals surface area contributed by atoms with Crippen molar-refractivity contribution in [3.05, 3.63) is 35.4 Å². The number of benzene rings is 1. The minimum absolute atomic E-state index is 0.330. The average Bonchev–Trinajstić information content (AvgIpc) is 2.27. The van der Waals surface area contributed by atoms with Crippen molar-refractivity contribution < 1.29 is 5.11 Å². The van der Waals surface area contributed by atoms with Crippen molar-refractivity contribution in [2.24, 2.45) is 0 Å². The molecule has 0 saturated heterocycles. The largest absolute Gasteiger partial charge is 0.388 e. The number of aliphatic hydroxyl groups excluding tert-OH is 1. The van der Waals surface area contributed by atoms with E-state index in [0.29, 0.717) is 5.25 Å². The van der Waals surface area contributed by atoms with E-state index in [2.05, 4.69) is 45.0 Å². The maximum Gasteiger partial charge on any atom is 0.0880 e. The molecule has 0 fully saturated rings. The third-order valence-corrected chi connectivity index (χ3v) is 3.67. The summed E-state index contributed by atoms with van der Waals surface area (Å²) in [5.74, 6) is 0.783. The van der Waals surface area contributed by atoms with E-state index < -0.39 is 0 Å². The molecule has 0 heterocycles. The van der Waals surface area contributed by atoms with E-state index in [1.54, 1.807) is 11.8 Å². The Kier molecular flexibility index (Phi) is 5.93. The Morgan fingerprint density at radius 1 is 1.19 bits per heavy atom. The predicted molar refractivity (Wildman–Crippen MR) is 73.0 cm³/mol. The van der Waals surface area contributed by atoms with Crippen molar-refractivity contribution in [2.45, 2.75) is 45.0 Å². The number of hydrogen-bond acceptors (Lipinski definition) is 2. The second-order valence-corrected chi connectivity index (χ2v) is 6.00. The van der Waals surface area contributed by atoms with Gasteiger partial charge in [0.15, 0.2) is 0 Å². The maximum absolute atomic E-state index is 9.97. The quantitative estimate of drug-likeness (QED) is 0.813. The van der Waals surface area contributed by atoms with E-state index in [9.17, 15) is 5.11 Å². The van der Waals surface area contributed by atoms with Crippen LogP contribution in [-0.2, 0) is 6.42 Å². The molecule has 0 bridgehead atoms. The van der Waals surface area contributed by atoms with Crippen LogP contribution in [0.15, 0.2) is 24.3 Å². The first-order chi connectivity index (χ1) is 7.63. The standard InChI is InChI=1S/C14H22OS/c1-4-5-12-6-8-13(9-7-12)14(15)10-16-11(2)3/h6-9,11,14-15H,4-5,10H2,1-3H3. The third kappa shape index (κ3) is 4.58. The summed E-state index contributed by atoms with van der Waals surface area (Å²) in [4.78, 5) is 0.